The van der Waals surface area contributed by atoms with Crippen LogP contribution in [0.2, 0.25) is 10.0 Å². The third-order valence-electron chi connectivity index (χ3n) is 3.49. The van der Waals surface area contributed by atoms with Gasteiger partial charge in [0.1, 0.15) is 0 Å². The highest BCUT2D eigenvalue weighted by Gasteiger charge is 2.25. The molecule has 0 saturated carbocycles. The molecule has 2 aromatic carbocycles. The summed E-state index contributed by atoms with van der Waals surface area (Å²) in [6.45, 7) is 0.191. The first kappa shape index (κ1) is 15.1. The summed E-state index contributed by atoms with van der Waals surface area (Å²) < 4.78 is 15.8. The van der Waals surface area contributed by atoms with Crippen molar-refractivity contribution in [2.24, 2.45) is 4.99 Å². The fourth-order valence-electron chi connectivity index (χ4n) is 2.32. The van der Waals surface area contributed by atoms with Crippen molar-refractivity contribution in [3.05, 3.63) is 63.3 Å². The topological polar surface area (TPSA) is 57.1 Å². The van der Waals surface area contributed by atoms with Gasteiger partial charge in [-0.2, -0.15) is 0 Å². The van der Waals surface area contributed by atoms with E-state index in [1.807, 2.05) is 0 Å². The van der Waals surface area contributed by atoms with Gasteiger partial charge in [0.2, 0.25) is 12.7 Å². The molecule has 5 nitrogen and oxygen atoms in total. The van der Waals surface area contributed by atoms with Gasteiger partial charge < -0.3 is 14.2 Å². The average molecular weight is 362 g/mol. The van der Waals surface area contributed by atoms with Gasteiger partial charge in [-0.15, -0.1) is 0 Å². The summed E-state index contributed by atoms with van der Waals surface area (Å²) in [4.78, 5) is 16.3. The van der Waals surface area contributed by atoms with E-state index < -0.39 is 5.97 Å². The molecule has 0 bridgehead atoms. The molecule has 0 N–H and O–H groups in total. The van der Waals surface area contributed by atoms with Crippen molar-refractivity contribution in [1.82, 2.24) is 0 Å². The van der Waals surface area contributed by atoms with Crippen molar-refractivity contribution >= 4 is 41.1 Å². The molecule has 0 atom stereocenters. The third kappa shape index (κ3) is 2.72. The minimum atomic E-state index is -0.534. The SMILES string of the molecule is O=C1OC(c2ccc(Cl)c(Cl)c2)=N/C1=C/c1ccc2c(c1)OCO2. The zero-order chi connectivity index (χ0) is 16.7. The van der Waals surface area contributed by atoms with Crippen LogP contribution in [-0.4, -0.2) is 18.7 Å². The summed E-state index contributed by atoms with van der Waals surface area (Å²) in [6, 6.07) is 10.3. The van der Waals surface area contributed by atoms with E-state index in [9.17, 15) is 4.79 Å². The quantitative estimate of drug-likeness (QED) is 0.597. The second kappa shape index (κ2) is 5.85. The number of ether oxygens (including phenoxy) is 3. The molecular weight excluding hydrogens is 353 g/mol. The summed E-state index contributed by atoms with van der Waals surface area (Å²) in [5.74, 6) is 0.954. The summed E-state index contributed by atoms with van der Waals surface area (Å²) in [5, 5.41) is 0.780. The molecule has 2 aliphatic rings. The molecule has 0 aromatic heterocycles. The number of cyclic esters (lactones) is 1. The monoisotopic (exact) mass is 361 g/mol. The van der Waals surface area contributed by atoms with Crippen LogP contribution < -0.4 is 9.47 Å². The number of carbonyl (C=O) groups excluding carboxylic acids is 1. The Hall–Kier alpha value is -2.50. The summed E-state index contributed by atoms with van der Waals surface area (Å²) in [6.07, 6.45) is 1.62. The van der Waals surface area contributed by atoms with Gasteiger partial charge in [-0.25, -0.2) is 9.79 Å². The van der Waals surface area contributed by atoms with E-state index in [1.165, 1.54) is 0 Å². The van der Waals surface area contributed by atoms with Crippen LogP contribution >= 0.6 is 23.2 Å². The van der Waals surface area contributed by atoms with Crippen LogP contribution in [0, 0.1) is 0 Å². The number of fused-ring (bicyclic) bond motifs is 1. The van der Waals surface area contributed by atoms with E-state index in [0.717, 1.165) is 5.56 Å². The summed E-state index contributed by atoms with van der Waals surface area (Å²) >= 11 is 11.9. The molecule has 0 saturated heterocycles. The van der Waals surface area contributed by atoms with E-state index in [0.29, 0.717) is 27.1 Å². The maximum atomic E-state index is 12.0. The van der Waals surface area contributed by atoms with E-state index in [4.69, 9.17) is 37.4 Å². The van der Waals surface area contributed by atoms with Crippen molar-refractivity contribution in [3.8, 4) is 11.5 Å². The van der Waals surface area contributed by atoms with Crippen LogP contribution in [0.25, 0.3) is 6.08 Å². The molecule has 2 heterocycles. The van der Waals surface area contributed by atoms with Gasteiger partial charge in [-0.1, -0.05) is 29.3 Å². The lowest BCUT2D eigenvalue weighted by atomic mass is 10.1. The highest BCUT2D eigenvalue weighted by molar-refractivity contribution is 6.42. The van der Waals surface area contributed by atoms with Crippen LogP contribution in [0.3, 0.4) is 0 Å². The number of rotatable bonds is 2. The van der Waals surface area contributed by atoms with E-state index in [2.05, 4.69) is 4.99 Å². The van der Waals surface area contributed by atoms with Crippen LogP contribution in [-0.2, 0) is 9.53 Å². The lowest BCUT2D eigenvalue weighted by Crippen LogP contribution is -2.05. The Morgan fingerprint density at radius 2 is 1.83 bits per heavy atom. The fraction of sp³-hybridized carbons (Fsp3) is 0.0588. The normalized spacial score (nSPS) is 17.2. The molecule has 0 amide bonds. The number of hydrogen-bond donors (Lipinski definition) is 0. The Bertz CT molecular complexity index is 921. The zero-order valence-electron chi connectivity index (χ0n) is 12.1. The summed E-state index contributed by atoms with van der Waals surface area (Å²) in [5.41, 5.74) is 1.52. The van der Waals surface area contributed by atoms with Crippen molar-refractivity contribution < 1.29 is 19.0 Å². The molecular formula is C17H9Cl2NO4. The van der Waals surface area contributed by atoms with Crippen LogP contribution in [0.4, 0.5) is 0 Å². The Morgan fingerprint density at radius 1 is 1.00 bits per heavy atom. The molecule has 7 heteroatoms. The smallest absolute Gasteiger partial charge is 0.363 e. The van der Waals surface area contributed by atoms with Crippen LogP contribution in [0.5, 0.6) is 11.5 Å². The fourth-order valence-corrected chi connectivity index (χ4v) is 2.62. The lowest BCUT2D eigenvalue weighted by Gasteiger charge is -2.01. The van der Waals surface area contributed by atoms with Crippen molar-refractivity contribution in [3.63, 3.8) is 0 Å². The molecule has 4 rings (SSSR count). The Balaban J connectivity index is 1.67. The van der Waals surface area contributed by atoms with Gasteiger partial charge in [-0.05, 0) is 42.0 Å². The van der Waals surface area contributed by atoms with Crippen molar-refractivity contribution in [2.75, 3.05) is 6.79 Å². The third-order valence-corrected chi connectivity index (χ3v) is 4.23. The predicted octanol–water partition coefficient (Wildman–Crippen LogP) is 4.07. The van der Waals surface area contributed by atoms with E-state index >= 15 is 0 Å². The first-order valence-electron chi connectivity index (χ1n) is 6.98. The first-order chi connectivity index (χ1) is 11.6. The largest absolute Gasteiger partial charge is 0.454 e. The predicted molar refractivity (Wildman–Crippen MR) is 89.6 cm³/mol. The lowest BCUT2D eigenvalue weighted by molar-refractivity contribution is -0.129. The molecule has 24 heavy (non-hydrogen) atoms. The Morgan fingerprint density at radius 3 is 2.67 bits per heavy atom. The highest BCUT2D eigenvalue weighted by Crippen LogP contribution is 2.33. The standard InChI is InChI=1S/C17H9Cl2NO4/c18-11-3-2-10(7-12(11)19)16-20-13(17(21)24-16)5-9-1-4-14-15(6-9)23-8-22-14/h1-7H,8H2/b13-5+. The van der Waals surface area contributed by atoms with E-state index in [-0.39, 0.29) is 18.4 Å². The van der Waals surface area contributed by atoms with E-state index in [1.54, 1.807) is 42.5 Å². The average Bonchev–Trinajstić information content (AvgIpc) is 3.17. The first-order valence-corrected chi connectivity index (χ1v) is 7.73. The zero-order valence-corrected chi connectivity index (χ0v) is 13.6. The number of benzene rings is 2. The number of esters is 1. The van der Waals surface area contributed by atoms with Gasteiger partial charge in [-0.3, -0.25) is 0 Å². The highest BCUT2D eigenvalue weighted by atomic mass is 35.5. The molecule has 2 aliphatic heterocycles. The molecule has 0 unspecified atom stereocenters. The van der Waals surface area contributed by atoms with Gasteiger partial charge in [0.05, 0.1) is 10.0 Å². The number of hydrogen-bond acceptors (Lipinski definition) is 5. The molecule has 0 fully saturated rings. The van der Waals surface area contributed by atoms with Crippen LogP contribution in [0.15, 0.2) is 47.1 Å². The van der Waals surface area contributed by atoms with Gasteiger partial charge in [0.25, 0.3) is 0 Å². The summed E-state index contributed by atoms with van der Waals surface area (Å²) in [7, 11) is 0. The van der Waals surface area contributed by atoms with Crippen LogP contribution in [0.1, 0.15) is 11.1 Å². The molecule has 2 aromatic rings. The molecule has 0 spiro atoms. The van der Waals surface area contributed by atoms with Gasteiger partial charge in [0, 0.05) is 5.56 Å². The number of carbonyl (C=O) groups is 1. The van der Waals surface area contributed by atoms with Gasteiger partial charge >= 0.3 is 5.97 Å². The van der Waals surface area contributed by atoms with Crippen molar-refractivity contribution in [1.29, 1.82) is 0 Å². The Labute approximate surface area is 147 Å². The molecule has 0 radical (unpaired) electrons. The molecule has 120 valence electrons. The second-order valence-electron chi connectivity index (χ2n) is 5.08. The number of aliphatic imine (C=N–C) groups is 1. The van der Waals surface area contributed by atoms with Crippen molar-refractivity contribution in [2.45, 2.75) is 0 Å². The second-order valence-corrected chi connectivity index (χ2v) is 5.89. The minimum Gasteiger partial charge on any atom is -0.454 e. The molecule has 0 aliphatic carbocycles. The maximum Gasteiger partial charge on any atom is 0.363 e. The minimum absolute atomic E-state index is 0.186. The Kier molecular flexibility index (Phi) is 3.67. The van der Waals surface area contributed by atoms with Gasteiger partial charge in [0.15, 0.2) is 17.2 Å². The number of halogens is 2. The maximum absolute atomic E-state index is 12.0. The number of nitrogens with zero attached hydrogens (tertiary/aromatic N) is 1.